The molecule has 1 aromatic rings. The van der Waals surface area contributed by atoms with Gasteiger partial charge in [0.05, 0.1) is 4.75 Å². The lowest BCUT2D eigenvalue weighted by Crippen LogP contribution is -2.57. The van der Waals surface area contributed by atoms with E-state index in [1.165, 1.54) is 11.8 Å². The fourth-order valence-corrected chi connectivity index (χ4v) is 5.33. The van der Waals surface area contributed by atoms with E-state index in [0.29, 0.717) is 32.6 Å². The van der Waals surface area contributed by atoms with Gasteiger partial charge in [-0.25, -0.2) is 8.42 Å². The maximum Gasteiger partial charge on any atom is 0.193 e. The Morgan fingerprint density at radius 1 is 1.17 bits per heavy atom. The van der Waals surface area contributed by atoms with Crippen molar-refractivity contribution in [2.75, 3.05) is 59.2 Å². The van der Waals surface area contributed by atoms with Gasteiger partial charge in [0.2, 0.25) is 0 Å². The van der Waals surface area contributed by atoms with Gasteiger partial charge < -0.3 is 15.0 Å². The number of sulfone groups is 1. The summed E-state index contributed by atoms with van der Waals surface area (Å²) in [6.07, 6.45) is 2.37. The topological polar surface area (TPSA) is 74.2 Å². The van der Waals surface area contributed by atoms with Crippen molar-refractivity contribution in [1.82, 2.24) is 15.1 Å². The molecule has 2 saturated heterocycles. The predicted molar refractivity (Wildman–Crippen MR) is 133 cm³/mol. The zero-order chi connectivity index (χ0) is 20.9. The largest absolute Gasteiger partial charge is 0.381 e. The zero-order valence-electron chi connectivity index (χ0n) is 17.6. The molecule has 10 heteroatoms. The van der Waals surface area contributed by atoms with Crippen LogP contribution in [0.2, 0.25) is 5.02 Å². The monoisotopic (exact) mass is 570 g/mol. The smallest absolute Gasteiger partial charge is 0.193 e. The Bertz CT molecular complexity index is 806. The third-order valence-corrected chi connectivity index (χ3v) is 8.34. The number of piperazine rings is 1. The summed E-state index contributed by atoms with van der Waals surface area (Å²) < 4.78 is 29.5. The molecule has 30 heavy (non-hydrogen) atoms. The molecule has 2 heterocycles. The highest BCUT2D eigenvalue weighted by atomic mass is 127. The Morgan fingerprint density at radius 2 is 1.77 bits per heavy atom. The number of hydrogen-bond acceptors (Lipinski definition) is 5. The normalized spacial score (nSPS) is 20.5. The zero-order valence-corrected chi connectivity index (χ0v) is 21.5. The van der Waals surface area contributed by atoms with Crippen LogP contribution in [0.3, 0.4) is 0 Å². The molecule has 0 unspecified atom stereocenters. The van der Waals surface area contributed by atoms with E-state index in [0.717, 1.165) is 43.7 Å². The summed E-state index contributed by atoms with van der Waals surface area (Å²) in [4.78, 5) is 9.01. The van der Waals surface area contributed by atoms with E-state index in [-0.39, 0.29) is 24.0 Å². The number of rotatable bonds is 5. The van der Waals surface area contributed by atoms with Gasteiger partial charge in [-0.3, -0.25) is 9.89 Å². The molecule has 0 saturated carbocycles. The van der Waals surface area contributed by atoms with Crippen LogP contribution in [0.4, 0.5) is 0 Å². The van der Waals surface area contributed by atoms with Gasteiger partial charge in [0.1, 0.15) is 0 Å². The minimum atomic E-state index is -3.20. The second-order valence-corrected chi connectivity index (χ2v) is 10.7. The highest BCUT2D eigenvalue weighted by Gasteiger charge is 2.42. The molecule has 0 radical (unpaired) electrons. The molecule has 2 aliphatic rings. The first kappa shape index (κ1) is 25.6. The van der Waals surface area contributed by atoms with Crippen molar-refractivity contribution in [1.29, 1.82) is 0 Å². The number of ether oxygens (including phenoxy) is 1. The Morgan fingerprint density at radius 3 is 2.30 bits per heavy atom. The van der Waals surface area contributed by atoms with E-state index in [2.05, 4.69) is 32.2 Å². The second kappa shape index (κ2) is 11.3. The molecule has 0 aromatic heterocycles. The molecule has 2 aliphatic heterocycles. The quantitative estimate of drug-likeness (QED) is 0.333. The summed E-state index contributed by atoms with van der Waals surface area (Å²) in [6.45, 7) is 5.78. The van der Waals surface area contributed by atoms with E-state index in [9.17, 15) is 8.42 Å². The second-order valence-electron chi connectivity index (χ2n) is 7.86. The van der Waals surface area contributed by atoms with Crippen molar-refractivity contribution >= 4 is 51.4 Å². The Hall–Kier alpha value is -0.620. The van der Waals surface area contributed by atoms with E-state index in [1.807, 2.05) is 12.1 Å². The predicted octanol–water partition coefficient (Wildman–Crippen LogP) is 2.24. The van der Waals surface area contributed by atoms with Gasteiger partial charge in [0.25, 0.3) is 0 Å². The minimum absolute atomic E-state index is 0. The third-order valence-electron chi connectivity index (χ3n) is 5.96. The molecule has 3 rings (SSSR count). The summed E-state index contributed by atoms with van der Waals surface area (Å²) in [5.41, 5.74) is 1.25. The SMILES string of the molecule is CN=C(NCC1(S(C)(=O)=O)CCOCC1)N1CCN(Cc2ccc(Cl)cc2)CC1.I. The Labute approximate surface area is 202 Å². The van der Waals surface area contributed by atoms with Crippen LogP contribution in [0.5, 0.6) is 0 Å². The fourth-order valence-electron chi connectivity index (χ4n) is 3.96. The standard InChI is InChI=1S/C20H31ClN4O3S.HI/c1-22-19(23-16-20(29(2,26)27)7-13-28-14-8-20)25-11-9-24(10-12-25)15-17-3-5-18(21)6-4-17;/h3-6H,7-16H2,1-2H3,(H,22,23);1H. The number of nitrogens with zero attached hydrogens (tertiary/aromatic N) is 3. The molecule has 2 fully saturated rings. The van der Waals surface area contributed by atoms with Crippen molar-refractivity contribution < 1.29 is 13.2 Å². The highest BCUT2D eigenvalue weighted by Crippen LogP contribution is 2.28. The van der Waals surface area contributed by atoms with Gasteiger partial charge in [-0.15, -0.1) is 24.0 Å². The van der Waals surface area contributed by atoms with Crippen LogP contribution in [0, 0.1) is 0 Å². The van der Waals surface area contributed by atoms with E-state index in [4.69, 9.17) is 16.3 Å². The van der Waals surface area contributed by atoms with Crippen LogP contribution >= 0.6 is 35.6 Å². The maximum atomic E-state index is 12.5. The van der Waals surface area contributed by atoms with Crippen LogP contribution in [0.25, 0.3) is 0 Å². The summed E-state index contributed by atoms with van der Waals surface area (Å²) in [6, 6.07) is 7.97. The molecule has 7 nitrogen and oxygen atoms in total. The first-order valence-electron chi connectivity index (χ1n) is 10.0. The van der Waals surface area contributed by atoms with Gasteiger partial charge in [-0.2, -0.15) is 0 Å². The first-order chi connectivity index (χ1) is 13.8. The summed E-state index contributed by atoms with van der Waals surface area (Å²) in [5, 5.41) is 4.09. The lowest BCUT2D eigenvalue weighted by Gasteiger charge is -2.39. The number of benzene rings is 1. The molecule has 0 atom stereocenters. The van der Waals surface area contributed by atoms with E-state index in [1.54, 1.807) is 7.05 Å². The van der Waals surface area contributed by atoms with Crippen LogP contribution in [0.15, 0.2) is 29.3 Å². The van der Waals surface area contributed by atoms with Gasteiger partial charge in [0, 0.05) is 70.8 Å². The molecule has 1 N–H and O–H groups in total. The van der Waals surface area contributed by atoms with E-state index >= 15 is 0 Å². The van der Waals surface area contributed by atoms with Crippen LogP contribution < -0.4 is 5.32 Å². The molecule has 1 aromatic carbocycles. The van der Waals surface area contributed by atoms with E-state index < -0.39 is 14.6 Å². The third kappa shape index (κ3) is 6.44. The van der Waals surface area contributed by atoms with Gasteiger partial charge in [-0.1, -0.05) is 23.7 Å². The summed E-state index contributed by atoms with van der Waals surface area (Å²) in [7, 11) is -1.45. The van der Waals surface area contributed by atoms with Gasteiger partial charge in [0.15, 0.2) is 15.8 Å². The van der Waals surface area contributed by atoms with Crippen LogP contribution in [0.1, 0.15) is 18.4 Å². The maximum absolute atomic E-state index is 12.5. The lowest BCUT2D eigenvalue weighted by atomic mass is 9.99. The number of halogens is 2. The minimum Gasteiger partial charge on any atom is -0.381 e. The van der Waals surface area contributed by atoms with Crippen molar-refractivity contribution in [3.63, 3.8) is 0 Å². The van der Waals surface area contributed by atoms with Crippen molar-refractivity contribution in [2.24, 2.45) is 4.99 Å². The molecular weight excluding hydrogens is 539 g/mol. The molecule has 0 spiro atoms. The first-order valence-corrected chi connectivity index (χ1v) is 12.3. The van der Waals surface area contributed by atoms with Gasteiger partial charge in [-0.05, 0) is 30.5 Å². The average molecular weight is 571 g/mol. The number of aliphatic imine (C=N–C) groups is 1. The highest BCUT2D eigenvalue weighted by molar-refractivity contribution is 14.0. The molecule has 0 amide bonds. The molecule has 0 aliphatic carbocycles. The van der Waals surface area contributed by atoms with Crippen molar-refractivity contribution in [2.45, 2.75) is 24.1 Å². The number of hydrogen-bond donors (Lipinski definition) is 1. The molecular formula is C20H32ClIN4O3S. The van der Waals surface area contributed by atoms with Crippen molar-refractivity contribution in [3.8, 4) is 0 Å². The Balaban J connectivity index is 0.00000320. The number of nitrogens with one attached hydrogen (secondary N) is 1. The average Bonchev–Trinajstić information content (AvgIpc) is 2.71. The molecule has 0 bridgehead atoms. The number of guanidine groups is 1. The summed E-state index contributed by atoms with van der Waals surface area (Å²) in [5.74, 6) is 0.769. The van der Waals surface area contributed by atoms with Crippen molar-refractivity contribution in [3.05, 3.63) is 34.9 Å². The summed E-state index contributed by atoms with van der Waals surface area (Å²) >= 11 is 5.96. The fraction of sp³-hybridized carbons (Fsp3) is 0.650. The Kier molecular flexibility index (Phi) is 9.66. The molecule has 170 valence electrons. The van der Waals surface area contributed by atoms with Gasteiger partial charge >= 0.3 is 0 Å². The van der Waals surface area contributed by atoms with Crippen LogP contribution in [-0.2, 0) is 21.1 Å². The lowest BCUT2D eigenvalue weighted by molar-refractivity contribution is 0.0753. The van der Waals surface area contributed by atoms with Crippen LogP contribution in [-0.4, -0.2) is 88.2 Å².